The van der Waals surface area contributed by atoms with Crippen LogP contribution >= 0.6 is 11.6 Å². The molecule has 1 fully saturated rings. The molecule has 2 aliphatic rings. The standard InChI is InChI=1S/C14H16ClN3O3/c1-7(2)5-18-11(13(16)17-14(18)19)8-3-9(15)12-10(4-8)20-6-21-12/h3-4,7,11H,5-6H2,1-2H3,(H2,16,17,19). The molecule has 0 bridgehead atoms. The molecule has 1 aromatic carbocycles. The Kier molecular flexibility index (Phi) is 3.41. The number of amidine groups is 1. The number of carbonyl (C=O) groups is 1. The highest BCUT2D eigenvalue weighted by Crippen LogP contribution is 2.42. The second-order valence-electron chi connectivity index (χ2n) is 5.53. The van der Waals surface area contributed by atoms with Crippen LogP contribution in [-0.4, -0.2) is 30.1 Å². The van der Waals surface area contributed by atoms with Crippen LogP contribution in [0.15, 0.2) is 12.1 Å². The van der Waals surface area contributed by atoms with Crippen LogP contribution in [-0.2, 0) is 0 Å². The van der Waals surface area contributed by atoms with E-state index in [0.717, 1.165) is 5.56 Å². The molecule has 0 radical (unpaired) electrons. The Bertz CT molecular complexity index is 618. The number of hydrogen-bond acceptors (Lipinski definition) is 4. The fraction of sp³-hybridized carbons (Fsp3) is 0.429. The van der Waals surface area contributed by atoms with Gasteiger partial charge in [-0.25, -0.2) is 4.79 Å². The Labute approximate surface area is 127 Å². The van der Waals surface area contributed by atoms with E-state index in [9.17, 15) is 4.79 Å². The molecule has 3 rings (SSSR count). The average Bonchev–Trinajstić information content (AvgIpc) is 2.95. The van der Waals surface area contributed by atoms with Crippen molar-refractivity contribution in [3.8, 4) is 11.5 Å². The number of benzene rings is 1. The van der Waals surface area contributed by atoms with E-state index in [1.165, 1.54) is 0 Å². The summed E-state index contributed by atoms with van der Waals surface area (Å²) < 4.78 is 10.6. The van der Waals surface area contributed by atoms with Gasteiger partial charge in [0, 0.05) is 6.54 Å². The van der Waals surface area contributed by atoms with E-state index in [2.05, 4.69) is 5.32 Å². The van der Waals surface area contributed by atoms with Gasteiger partial charge in [0.1, 0.15) is 11.9 Å². The third-order valence-electron chi connectivity index (χ3n) is 3.41. The summed E-state index contributed by atoms with van der Waals surface area (Å²) in [4.78, 5) is 13.6. The maximum atomic E-state index is 12.0. The number of ether oxygens (including phenoxy) is 2. The summed E-state index contributed by atoms with van der Waals surface area (Å²) >= 11 is 6.19. The zero-order valence-electron chi connectivity index (χ0n) is 11.8. The molecule has 2 N–H and O–H groups in total. The molecule has 1 aromatic rings. The van der Waals surface area contributed by atoms with Gasteiger partial charge < -0.3 is 14.4 Å². The van der Waals surface area contributed by atoms with E-state index >= 15 is 0 Å². The normalized spacial score (nSPS) is 20.4. The van der Waals surface area contributed by atoms with Crippen LogP contribution in [0.25, 0.3) is 0 Å². The fourth-order valence-corrected chi connectivity index (χ4v) is 2.88. The molecule has 0 spiro atoms. The number of hydrogen-bond donors (Lipinski definition) is 2. The smallest absolute Gasteiger partial charge is 0.323 e. The van der Waals surface area contributed by atoms with Crippen molar-refractivity contribution < 1.29 is 14.3 Å². The van der Waals surface area contributed by atoms with Gasteiger partial charge in [0.05, 0.1) is 5.02 Å². The molecule has 0 aromatic heterocycles. The van der Waals surface area contributed by atoms with Crippen molar-refractivity contribution in [2.24, 2.45) is 5.92 Å². The third-order valence-corrected chi connectivity index (χ3v) is 3.70. The number of nitrogens with one attached hydrogen (secondary N) is 2. The van der Waals surface area contributed by atoms with Gasteiger partial charge in [-0.3, -0.25) is 10.7 Å². The molecule has 2 heterocycles. The summed E-state index contributed by atoms with van der Waals surface area (Å²) in [6.45, 7) is 4.75. The molecule has 6 nitrogen and oxygen atoms in total. The molecule has 1 saturated heterocycles. The lowest BCUT2D eigenvalue weighted by Gasteiger charge is -2.25. The Morgan fingerprint density at radius 2 is 2.24 bits per heavy atom. The minimum atomic E-state index is -0.466. The van der Waals surface area contributed by atoms with Crippen LogP contribution in [0.4, 0.5) is 4.79 Å². The molecule has 2 aliphatic heterocycles. The largest absolute Gasteiger partial charge is 0.454 e. The summed E-state index contributed by atoms with van der Waals surface area (Å²) in [5.74, 6) is 1.51. The van der Waals surface area contributed by atoms with Gasteiger partial charge in [-0.05, 0) is 23.6 Å². The second kappa shape index (κ2) is 5.11. The zero-order valence-corrected chi connectivity index (χ0v) is 12.5. The lowest BCUT2D eigenvalue weighted by atomic mass is 10.0. The van der Waals surface area contributed by atoms with Gasteiger partial charge in [0.2, 0.25) is 6.79 Å². The maximum Gasteiger partial charge on any atom is 0.323 e. The molecular formula is C14H16ClN3O3. The summed E-state index contributed by atoms with van der Waals surface area (Å²) in [5, 5.41) is 11.0. The highest BCUT2D eigenvalue weighted by atomic mass is 35.5. The van der Waals surface area contributed by atoms with Crippen molar-refractivity contribution in [1.29, 1.82) is 5.41 Å². The highest BCUT2D eigenvalue weighted by Gasteiger charge is 2.38. The molecule has 2 amide bonds. The molecule has 112 valence electrons. The molecule has 1 atom stereocenters. The summed E-state index contributed by atoms with van der Waals surface area (Å²) in [7, 11) is 0. The predicted molar refractivity (Wildman–Crippen MR) is 78.1 cm³/mol. The lowest BCUT2D eigenvalue weighted by molar-refractivity contribution is 0.174. The van der Waals surface area contributed by atoms with Crippen molar-refractivity contribution >= 4 is 23.5 Å². The van der Waals surface area contributed by atoms with Crippen molar-refractivity contribution in [3.63, 3.8) is 0 Å². The minimum Gasteiger partial charge on any atom is -0.454 e. The van der Waals surface area contributed by atoms with Crippen molar-refractivity contribution in [2.45, 2.75) is 19.9 Å². The van der Waals surface area contributed by atoms with Crippen molar-refractivity contribution in [3.05, 3.63) is 22.7 Å². The first kappa shape index (κ1) is 14.0. The van der Waals surface area contributed by atoms with Gasteiger partial charge in [-0.2, -0.15) is 0 Å². The summed E-state index contributed by atoms with van der Waals surface area (Å²) in [6.07, 6.45) is 0. The molecule has 7 heteroatoms. The number of urea groups is 1. The summed E-state index contributed by atoms with van der Waals surface area (Å²) in [5.41, 5.74) is 0.744. The SMILES string of the molecule is CC(C)CN1C(=O)NC(=N)C1c1cc(Cl)c2c(c1)OCO2. The van der Waals surface area contributed by atoms with E-state index in [-0.39, 0.29) is 18.7 Å². The van der Waals surface area contributed by atoms with E-state index in [1.54, 1.807) is 17.0 Å². The second-order valence-corrected chi connectivity index (χ2v) is 5.94. The number of rotatable bonds is 3. The number of amides is 2. The molecular weight excluding hydrogens is 294 g/mol. The Hall–Kier alpha value is -1.95. The minimum absolute atomic E-state index is 0.132. The van der Waals surface area contributed by atoms with Gasteiger partial charge in [-0.1, -0.05) is 25.4 Å². The Morgan fingerprint density at radius 3 is 2.95 bits per heavy atom. The van der Waals surface area contributed by atoms with Gasteiger partial charge in [0.15, 0.2) is 11.5 Å². The molecule has 21 heavy (non-hydrogen) atoms. The predicted octanol–water partition coefficient (Wildman–Crippen LogP) is 2.77. The van der Waals surface area contributed by atoms with Crippen LogP contribution in [0.2, 0.25) is 5.02 Å². The van der Waals surface area contributed by atoms with E-state index in [1.807, 2.05) is 13.8 Å². The number of fused-ring (bicyclic) bond motifs is 1. The average molecular weight is 310 g/mol. The van der Waals surface area contributed by atoms with Crippen molar-refractivity contribution in [2.75, 3.05) is 13.3 Å². The molecule has 0 saturated carbocycles. The third kappa shape index (κ3) is 2.40. The van der Waals surface area contributed by atoms with E-state index in [0.29, 0.717) is 29.0 Å². The van der Waals surface area contributed by atoms with Crippen LogP contribution in [0.5, 0.6) is 11.5 Å². The van der Waals surface area contributed by atoms with E-state index in [4.69, 9.17) is 26.5 Å². The first-order valence-electron chi connectivity index (χ1n) is 6.72. The van der Waals surface area contributed by atoms with Crippen LogP contribution in [0, 0.1) is 11.3 Å². The Balaban J connectivity index is 1.99. The number of nitrogens with zero attached hydrogens (tertiary/aromatic N) is 1. The maximum absolute atomic E-state index is 12.0. The number of carbonyl (C=O) groups excluding carboxylic acids is 1. The first-order chi connectivity index (χ1) is 9.97. The zero-order chi connectivity index (χ0) is 15.1. The number of halogens is 1. The summed E-state index contributed by atoms with van der Waals surface area (Å²) in [6, 6.07) is 2.78. The van der Waals surface area contributed by atoms with Crippen LogP contribution in [0.1, 0.15) is 25.5 Å². The van der Waals surface area contributed by atoms with Crippen molar-refractivity contribution in [1.82, 2.24) is 10.2 Å². The van der Waals surface area contributed by atoms with Gasteiger partial charge in [-0.15, -0.1) is 0 Å². The highest BCUT2D eigenvalue weighted by molar-refractivity contribution is 6.32. The van der Waals surface area contributed by atoms with Crippen LogP contribution in [0.3, 0.4) is 0 Å². The monoisotopic (exact) mass is 309 g/mol. The van der Waals surface area contributed by atoms with Crippen LogP contribution < -0.4 is 14.8 Å². The van der Waals surface area contributed by atoms with E-state index < -0.39 is 6.04 Å². The molecule has 1 unspecified atom stereocenters. The van der Waals surface area contributed by atoms with Gasteiger partial charge >= 0.3 is 6.03 Å². The topological polar surface area (TPSA) is 74.7 Å². The first-order valence-corrected chi connectivity index (χ1v) is 7.10. The quantitative estimate of drug-likeness (QED) is 0.901. The molecule has 0 aliphatic carbocycles. The van der Waals surface area contributed by atoms with Gasteiger partial charge in [0.25, 0.3) is 0 Å². The Morgan fingerprint density at radius 1 is 1.48 bits per heavy atom. The fourth-order valence-electron chi connectivity index (χ4n) is 2.60. The lowest BCUT2D eigenvalue weighted by Crippen LogP contribution is -2.33.